The van der Waals surface area contributed by atoms with Crippen molar-refractivity contribution in [2.24, 2.45) is 0 Å². The first-order valence-corrected chi connectivity index (χ1v) is 4.84. The first kappa shape index (κ1) is 12.4. The van der Waals surface area contributed by atoms with Gasteiger partial charge in [-0.25, -0.2) is 9.78 Å². The van der Waals surface area contributed by atoms with Crippen molar-refractivity contribution in [1.29, 1.82) is 0 Å². The van der Waals surface area contributed by atoms with E-state index < -0.39 is 5.97 Å². The van der Waals surface area contributed by atoms with Crippen LogP contribution in [0, 0.1) is 0 Å². The van der Waals surface area contributed by atoms with Gasteiger partial charge in [0.05, 0.1) is 32.2 Å². The molecule has 0 aliphatic rings. The number of nitrogens with zero attached hydrogens (tertiary/aromatic N) is 3. The molecule has 16 heavy (non-hydrogen) atoms. The SMILES string of the molecule is COC(=O)c1cncc(N(C)C(C)CO)n1. The van der Waals surface area contributed by atoms with Crippen molar-refractivity contribution in [2.45, 2.75) is 13.0 Å². The number of hydrogen-bond donors (Lipinski definition) is 1. The van der Waals surface area contributed by atoms with Crippen molar-refractivity contribution >= 4 is 11.8 Å². The average Bonchev–Trinajstić information content (AvgIpc) is 2.36. The monoisotopic (exact) mass is 225 g/mol. The molecule has 0 fully saturated rings. The summed E-state index contributed by atoms with van der Waals surface area (Å²) in [4.78, 5) is 21.0. The van der Waals surface area contributed by atoms with Gasteiger partial charge in [-0.05, 0) is 6.92 Å². The summed E-state index contributed by atoms with van der Waals surface area (Å²) in [5, 5.41) is 9.01. The highest BCUT2D eigenvalue weighted by Crippen LogP contribution is 2.11. The minimum atomic E-state index is -0.528. The highest BCUT2D eigenvalue weighted by molar-refractivity contribution is 5.87. The number of esters is 1. The van der Waals surface area contributed by atoms with Crippen LogP contribution in [0.15, 0.2) is 12.4 Å². The van der Waals surface area contributed by atoms with Crippen molar-refractivity contribution in [2.75, 3.05) is 25.7 Å². The molecule has 1 rings (SSSR count). The summed E-state index contributed by atoms with van der Waals surface area (Å²) in [7, 11) is 3.06. The second-order valence-electron chi connectivity index (χ2n) is 3.40. The Labute approximate surface area is 93.9 Å². The zero-order valence-corrected chi connectivity index (χ0v) is 9.54. The molecule has 6 nitrogen and oxygen atoms in total. The van der Waals surface area contributed by atoms with Crippen molar-refractivity contribution in [3.05, 3.63) is 18.1 Å². The Bertz CT molecular complexity index is 370. The molecule has 1 unspecified atom stereocenters. The summed E-state index contributed by atoms with van der Waals surface area (Å²) in [6, 6.07) is -0.0952. The van der Waals surface area contributed by atoms with E-state index in [-0.39, 0.29) is 18.3 Å². The van der Waals surface area contributed by atoms with Gasteiger partial charge in [0.15, 0.2) is 5.69 Å². The van der Waals surface area contributed by atoms with Gasteiger partial charge in [-0.15, -0.1) is 0 Å². The summed E-state index contributed by atoms with van der Waals surface area (Å²) >= 11 is 0. The zero-order valence-electron chi connectivity index (χ0n) is 9.54. The number of aliphatic hydroxyl groups excluding tert-OH is 1. The van der Waals surface area contributed by atoms with Gasteiger partial charge < -0.3 is 14.7 Å². The third-order valence-corrected chi connectivity index (χ3v) is 2.30. The quantitative estimate of drug-likeness (QED) is 0.731. The summed E-state index contributed by atoms with van der Waals surface area (Å²) in [6.07, 6.45) is 2.87. The normalized spacial score (nSPS) is 12.0. The Balaban J connectivity index is 2.94. The molecule has 0 bridgehead atoms. The fourth-order valence-electron chi connectivity index (χ4n) is 1.08. The second-order valence-corrected chi connectivity index (χ2v) is 3.40. The number of ether oxygens (including phenoxy) is 1. The Morgan fingerprint density at radius 3 is 2.88 bits per heavy atom. The van der Waals surface area contributed by atoms with Crippen LogP contribution in [0.2, 0.25) is 0 Å². The summed E-state index contributed by atoms with van der Waals surface area (Å²) in [5.41, 5.74) is 0.150. The van der Waals surface area contributed by atoms with Crippen LogP contribution in [-0.2, 0) is 4.74 Å². The van der Waals surface area contributed by atoms with Crippen LogP contribution < -0.4 is 4.90 Å². The largest absolute Gasteiger partial charge is 0.464 e. The zero-order chi connectivity index (χ0) is 12.1. The number of carbonyl (C=O) groups excluding carboxylic acids is 1. The lowest BCUT2D eigenvalue weighted by Crippen LogP contribution is -2.32. The van der Waals surface area contributed by atoms with Crippen LogP contribution in [0.4, 0.5) is 5.82 Å². The lowest BCUT2D eigenvalue weighted by molar-refractivity contribution is 0.0593. The molecule has 0 radical (unpaired) electrons. The Hall–Kier alpha value is -1.69. The minimum absolute atomic E-state index is 0.000627. The molecule has 1 heterocycles. The van der Waals surface area contributed by atoms with Crippen LogP contribution in [0.1, 0.15) is 17.4 Å². The third kappa shape index (κ3) is 2.66. The summed E-state index contributed by atoms with van der Waals surface area (Å²) in [6.45, 7) is 1.84. The molecule has 0 saturated heterocycles. The Kier molecular flexibility index (Phi) is 4.19. The van der Waals surface area contributed by atoms with Crippen molar-refractivity contribution in [3.63, 3.8) is 0 Å². The van der Waals surface area contributed by atoms with E-state index in [1.807, 2.05) is 6.92 Å². The smallest absolute Gasteiger partial charge is 0.358 e. The maximum Gasteiger partial charge on any atom is 0.358 e. The predicted molar refractivity (Wildman–Crippen MR) is 58.3 cm³/mol. The van der Waals surface area contributed by atoms with Crippen LogP contribution in [0.3, 0.4) is 0 Å². The fourth-order valence-corrected chi connectivity index (χ4v) is 1.08. The topological polar surface area (TPSA) is 75.5 Å². The van der Waals surface area contributed by atoms with Crippen LogP contribution in [0.25, 0.3) is 0 Å². The van der Waals surface area contributed by atoms with Crippen LogP contribution >= 0.6 is 0 Å². The van der Waals surface area contributed by atoms with Crippen LogP contribution in [0.5, 0.6) is 0 Å². The third-order valence-electron chi connectivity index (χ3n) is 2.30. The molecule has 0 saturated carbocycles. The maximum atomic E-state index is 11.2. The van der Waals surface area contributed by atoms with Gasteiger partial charge in [0.1, 0.15) is 5.82 Å². The lowest BCUT2D eigenvalue weighted by atomic mass is 10.3. The van der Waals surface area contributed by atoms with E-state index in [1.165, 1.54) is 19.5 Å². The van der Waals surface area contributed by atoms with Gasteiger partial charge in [-0.3, -0.25) is 4.98 Å². The Morgan fingerprint density at radius 1 is 1.62 bits per heavy atom. The molecule has 0 spiro atoms. The standard InChI is InChI=1S/C10H15N3O3/c1-7(6-14)13(2)9-5-11-4-8(12-9)10(15)16-3/h4-5,7,14H,6H2,1-3H3. The van der Waals surface area contributed by atoms with E-state index in [4.69, 9.17) is 5.11 Å². The molecule has 0 aromatic carbocycles. The Morgan fingerprint density at radius 2 is 2.31 bits per heavy atom. The molecule has 0 amide bonds. The van der Waals surface area contributed by atoms with Gasteiger partial charge in [-0.2, -0.15) is 0 Å². The molecule has 6 heteroatoms. The second kappa shape index (κ2) is 5.41. The van der Waals surface area contributed by atoms with Gasteiger partial charge in [0.2, 0.25) is 0 Å². The van der Waals surface area contributed by atoms with Gasteiger partial charge >= 0.3 is 5.97 Å². The highest BCUT2D eigenvalue weighted by Gasteiger charge is 2.14. The molecular weight excluding hydrogens is 210 g/mol. The number of rotatable bonds is 4. The number of hydrogen-bond acceptors (Lipinski definition) is 6. The number of carbonyl (C=O) groups is 1. The molecule has 88 valence electrons. The summed E-state index contributed by atoms with van der Waals surface area (Å²) < 4.78 is 4.55. The average molecular weight is 225 g/mol. The molecule has 1 atom stereocenters. The van der Waals surface area contributed by atoms with E-state index in [2.05, 4.69) is 14.7 Å². The number of likely N-dealkylation sites (N-methyl/N-ethyl adjacent to an activating group) is 1. The van der Waals surface area contributed by atoms with E-state index in [0.717, 1.165) is 0 Å². The molecule has 1 aromatic rings. The predicted octanol–water partition coefficient (Wildman–Crippen LogP) is 0.0802. The van der Waals surface area contributed by atoms with Crippen molar-refractivity contribution < 1.29 is 14.6 Å². The maximum absolute atomic E-state index is 11.2. The molecule has 0 aliphatic heterocycles. The summed E-state index contributed by atoms with van der Waals surface area (Å²) in [5.74, 6) is -0.0103. The van der Waals surface area contributed by atoms with Gasteiger partial charge in [0.25, 0.3) is 0 Å². The van der Waals surface area contributed by atoms with Crippen LogP contribution in [-0.4, -0.2) is 47.8 Å². The van der Waals surface area contributed by atoms with Gasteiger partial charge in [-0.1, -0.05) is 0 Å². The van der Waals surface area contributed by atoms with Crippen molar-refractivity contribution in [1.82, 2.24) is 9.97 Å². The van der Waals surface area contributed by atoms with E-state index in [9.17, 15) is 4.79 Å². The van der Waals surface area contributed by atoms with Crippen molar-refractivity contribution in [3.8, 4) is 0 Å². The molecule has 1 aromatic heterocycles. The van der Waals surface area contributed by atoms with E-state index in [0.29, 0.717) is 5.82 Å². The number of methoxy groups -OCH3 is 1. The highest BCUT2D eigenvalue weighted by atomic mass is 16.5. The number of aliphatic hydroxyl groups is 1. The molecule has 1 N–H and O–H groups in total. The van der Waals surface area contributed by atoms with E-state index in [1.54, 1.807) is 11.9 Å². The number of aromatic nitrogens is 2. The van der Waals surface area contributed by atoms with Gasteiger partial charge in [0, 0.05) is 7.05 Å². The first-order valence-electron chi connectivity index (χ1n) is 4.84. The van der Waals surface area contributed by atoms with E-state index >= 15 is 0 Å². The lowest BCUT2D eigenvalue weighted by Gasteiger charge is -2.23. The number of anilines is 1. The first-order chi connectivity index (χ1) is 7.60. The minimum Gasteiger partial charge on any atom is -0.464 e. The fraction of sp³-hybridized carbons (Fsp3) is 0.500. The molecular formula is C10H15N3O3. The molecule has 0 aliphatic carbocycles.